The van der Waals surface area contributed by atoms with Crippen LogP contribution in [0.4, 0.5) is 4.79 Å². The van der Waals surface area contributed by atoms with Crippen LogP contribution >= 0.6 is 0 Å². The Morgan fingerprint density at radius 2 is 2.05 bits per heavy atom. The predicted molar refractivity (Wildman–Crippen MR) is 69.2 cm³/mol. The van der Waals surface area contributed by atoms with Crippen molar-refractivity contribution in [2.75, 3.05) is 26.3 Å². The molecule has 0 aromatic carbocycles. The Hall–Kier alpha value is -1.63. The van der Waals surface area contributed by atoms with E-state index in [-0.39, 0.29) is 26.3 Å². The van der Waals surface area contributed by atoms with Gasteiger partial charge in [0.25, 0.3) is 0 Å². The number of amides is 1. The van der Waals surface area contributed by atoms with E-state index in [0.717, 1.165) is 0 Å². The standard InChI is InChI=1S/C13H21NO6/c1-5-18-11(16)10-9(15)8-14(6-7-19-10)12(17)20-13(2,3)4/h10H,5-8H2,1-4H3/t10-/m1/s1. The highest BCUT2D eigenvalue weighted by atomic mass is 16.6. The van der Waals surface area contributed by atoms with E-state index in [1.165, 1.54) is 4.90 Å². The molecule has 7 nitrogen and oxygen atoms in total. The number of carbonyl (C=O) groups is 3. The maximum absolute atomic E-state index is 11.9. The Kier molecular flexibility index (Phi) is 5.50. The van der Waals surface area contributed by atoms with Crippen molar-refractivity contribution in [1.82, 2.24) is 4.90 Å². The van der Waals surface area contributed by atoms with E-state index < -0.39 is 29.6 Å². The van der Waals surface area contributed by atoms with Crippen molar-refractivity contribution in [2.45, 2.75) is 39.4 Å². The smallest absolute Gasteiger partial charge is 0.410 e. The molecule has 0 saturated carbocycles. The zero-order valence-corrected chi connectivity index (χ0v) is 12.3. The molecule has 114 valence electrons. The highest BCUT2D eigenvalue weighted by Gasteiger charge is 2.35. The summed E-state index contributed by atoms with van der Waals surface area (Å²) in [5.41, 5.74) is -0.645. The lowest BCUT2D eigenvalue weighted by Crippen LogP contribution is -2.42. The van der Waals surface area contributed by atoms with Gasteiger partial charge in [-0.1, -0.05) is 0 Å². The SMILES string of the molecule is CCOC(=O)[C@@H]1OCCN(C(=O)OC(C)(C)C)CC1=O. The molecule has 1 fully saturated rings. The van der Waals surface area contributed by atoms with Crippen LogP contribution in [0, 0.1) is 0 Å². The van der Waals surface area contributed by atoms with Crippen LogP contribution in [0.2, 0.25) is 0 Å². The zero-order chi connectivity index (χ0) is 15.3. The summed E-state index contributed by atoms with van der Waals surface area (Å²) in [7, 11) is 0. The van der Waals surface area contributed by atoms with Gasteiger partial charge in [0.15, 0.2) is 5.78 Å². The molecule has 0 unspecified atom stereocenters. The Labute approximate surface area is 118 Å². The molecule has 1 amide bonds. The van der Waals surface area contributed by atoms with Crippen molar-refractivity contribution in [1.29, 1.82) is 0 Å². The fourth-order valence-corrected chi connectivity index (χ4v) is 1.62. The van der Waals surface area contributed by atoms with Gasteiger partial charge in [0.05, 0.1) is 19.8 Å². The summed E-state index contributed by atoms with van der Waals surface area (Å²) < 4.78 is 15.1. The third kappa shape index (κ3) is 4.80. The summed E-state index contributed by atoms with van der Waals surface area (Å²) in [6.45, 7) is 7.07. The van der Waals surface area contributed by atoms with Crippen LogP contribution in [-0.4, -0.2) is 60.8 Å². The van der Waals surface area contributed by atoms with Gasteiger partial charge in [-0.15, -0.1) is 0 Å². The van der Waals surface area contributed by atoms with Crippen molar-refractivity contribution >= 4 is 17.8 Å². The molecule has 0 aromatic rings. The molecule has 1 heterocycles. The van der Waals surface area contributed by atoms with Gasteiger partial charge < -0.3 is 14.2 Å². The Morgan fingerprint density at radius 1 is 1.40 bits per heavy atom. The number of hydrogen-bond donors (Lipinski definition) is 0. The monoisotopic (exact) mass is 287 g/mol. The first kappa shape index (κ1) is 16.4. The summed E-state index contributed by atoms with van der Waals surface area (Å²) in [5.74, 6) is -1.23. The Balaban J connectivity index is 2.67. The lowest BCUT2D eigenvalue weighted by atomic mass is 10.2. The predicted octanol–water partition coefficient (Wildman–Crippen LogP) is 0.754. The van der Waals surface area contributed by atoms with Gasteiger partial charge in [-0.3, -0.25) is 9.69 Å². The number of nitrogens with zero attached hydrogens (tertiary/aromatic N) is 1. The van der Waals surface area contributed by atoms with Crippen LogP contribution in [0.5, 0.6) is 0 Å². The fourth-order valence-electron chi connectivity index (χ4n) is 1.62. The van der Waals surface area contributed by atoms with E-state index in [1.807, 2.05) is 0 Å². The number of rotatable bonds is 2. The summed E-state index contributed by atoms with van der Waals surface area (Å²) in [6, 6.07) is 0. The van der Waals surface area contributed by atoms with Gasteiger partial charge in [0, 0.05) is 6.54 Å². The molecule has 0 aliphatic carbocycles. The zero-order valence-electron chi connectivity index (χ0n) is 12.3. The minimum atomic E-state index is -1.26. The van der Waals surface area contributed by atoms with Gasteiger partial charge in [-0.05, 0) is 27.7 Å². The number of carbonyl (C=O) groups excluding carboxylic acids is 3. The second kappa shape index (κ2) is 6.69. The van der Waals surface area contributed by atoms with Crippen molar-refractivity contribution in [3.05, 3.63) is 0 Å². The molecule has 0 aromatic heterocycles. The normalized spacial score (nSPS) is 20.3. The molecular formula is C13H21NO6. The van der Waals surface area contributed by atoms with Crippen molar-refractivity contribution in [3.8, 4) is 0 Å². The van der Waals surface area contributed by atoms with Crippen LogP contribution in [0.25, 0.3) is 0 Å². The van der Waals surface area contributed by atoms with Gasteiger partial charge in [0.2, 0.25) is 6.10 Å². The van der Waals surface area contributed by atoms with E-state index >= 15 is 0 Å². The fraction of sp³-hybridized carbons (Fsp3) is 0.769. The van der Waals surface area contributed by atoms with Gasteiger partial charge in [-0.25, -0.2) is 9.59 Å². The minimum absolute atomic E-state index is 0.0778. The van der Waals surface area contributed by atoms with Crippen LogP contribution in [-0.2, 0) is 23.8 Å². The molecule has 0 bridgehead atoms. The third-order valence-corrected chi connectivity index (χ3v) is 2.44. The molecule has 20 heavy (non-hydrogen) atoms. The topological polar surface area (TPSA) is 82.1 Å². The molecule has 1 aliphatic heterocycles. The van der Waals surface area contributed by atoms with E-state index in [2.05, 4.69) is 0 Å². The number of ketones is 1. The number of hydrogen-bond acceptors (Lipinski definition) is 6. The minimum Gasteiger partial charge on any atom is -0.464 e. The maximum Gasteiger partial charge on any atom is 0.410 e. The first-order valence-electron chi connectivity index (χ1n) is 6.53. The van der Waals surface area contributed by atoms with Gasteiger partial charge in [-0.2, -0.15) is 0 Å². The summed E-state index contributed by atoms with van der Waals surface area (Å²) in [4.78, 5) is 36.6. The highest BCUT2D eigenvalue weighted by Crippen LogP contribution is 2.12. The highest BCUT2D eigenvalue weighted by molar-refractivity contribution is 6.03. The molecule has 0 spiro atoms. The molecule has 1 aliphatic rings. The Morgan fingerprint density at radius 3 is 2.60 bits per heavy atom. The largest absolute Gasteiger partial charge is 0.464 e. The lowest BCUT2D eigenvalue weighted by molar-refractivity contribution is -0.160. The molecule has 1 atom stereocenters. The van der Waals surface area contributed by atoms with Crippen LogP contribution in [0.15, 0.2) is 0 Å². The van der Waals surface area contributed by atoms with Crippen LogP contribution in [0.3, 0.4) is 0 Å². The maximum atomic E-state index is 11.9. The molecular weight excluding hydrogens is 266 g/mol. The van der Waals surface area contributed by atoms with Gasteiger partial charge >= 0.3 is 12.1 Å². The second-order valence-corrected chi connectivity index (χ2v) is 5.37. The average Bonchev–Trinajstić information content (AvgIpc) is 2.49. The summed E-state index contributed by atoms with van der Waals surface area (Å²) in [6.07, 6.45) is -1.86. The van der Waals surface area contributed by atoms with Gasteiger partial charge in [0.1, 0.15) is 5.60 Å². The van der Waals surface area contributed by atoms with E-state index in [9.17, 15) is 14.4 Å². The first-order chi connectivity index (χ1) is 9.24. The van der Waals surface area contributed by atoms with Crippen molar-refractivity contribution in [2.24, 2.45) is 0 Å². The average molecular weight is 287 g/mol. The number of ether oxygens (including phenoxy) is 3. The summed E-state index contributed by atoms with van der Waals surface area (Å²) in [5, 5.41) is 0. The van der Waals surface area contributed by atoms with Crippen LogP contribution < -0.4 is 0 Å². The molecule has 1 rings (SSSR count). The third-order valence-electron chi connectivity index (χ3n) is 2.44. The quantitative estimate of drug-likeness (QED) is 0.550. The molecule has 0 radical (unpaired) electrons. The van der Waals surface area contributed by atoms with Crippen LogP contribution in [0.1, 0.15) is 27.7 Å². The summed E-state index contributed by atoms with van der Waals surface area (Å²) >= 11 is 0. The van der Waals surface area contributed by atoms with E-state index in [0.29, 0.717) is 0 Å². The number of esters is 1. The molecule has 7 heteroatoms. The first-order valence-corrected chi connectivity index (χ1v) is 6.53. The lowest BCUT2D eigenvalue weighted by Gasteiger charge is -2.25. The number of Topliss-reactive ketones (excluding diaryl/α,β-unsaturated/α-hetero) is 1. The Bertz CT molecular complexity index is 387. The molecule has 1 saturated heterocycles. The molecule has 0 N–H and O–H groups in total. The second-order valence-electron chi connectivity index (χ2n) is 5.37. The van der Waals surface area contributed by atoms with Crippen molar-refractivity contribution in [3.63, 3.8) is 0 Å². The van der Waals surface area contributed by atoms with E-state index in [1.54, 1.807) is 27.7 Å². The van der Waals surface area contributed by atoms with Crippen molar-refractivity contribution < 1.29 is 28.6 Å². The van der Waals surface area contributed by atoms with E-state index in [4.69, 9.17) is 14.2 Å².